The molecule has 1 heterocycles. The highest BCUT2D eigenvalue weighted by atomic mass is 16.1. The minimum absolute atomic E-state index is 0.0706. The summed E-state index contributed by atoms with van der Waals surface area (Å²) in [5.41, 5.74) is 1.02. The molecule has 52 valence electrons. The molecule has 0 radical (unpaired) electrons. The van der Waals surface area contributed by atoms with Crippen LogP contribution in [0.4, 0.5) is 0 Å². The van der Waals surface area contributed by atoms with Crippen molar-refractivity contribution in [3.8, 4) is 0 Å². The van der Waals surface area contributed by atoms with Gasteiger partial charge in [-0.15, -0.1) is 0 Å². The number of hydrogen-bond acceptors (Lipinski definition) is 1. The first-order chi connectivity index (χ1) is 4.79. The summed E-state index contributed by atoms with van der Waals surface area (Å²) in [5.74, 6) is 0.0706. The third-order valence-corrected chi connectivity index (χ3v) is 1.13. The minimum Gasteiger partial charge on any atom is -0.367 e. The average Bonchev–Trinajstić information content (AvgIpc) is 2.34. The van der Waals surface area contributed by atoms with Crippen LogP contribution in [0.1, 0.15) is 12.5 Å². The Hall–Kier alpha value is -1.31. The maximum atomic E-state index is 10.4. The van der Waals surface area contributed by atoms with Crippen LogP contribution in [-0.4, -0.2) is 10.8 Å². The summed E-state index contributed by atoms with van der Waals surface area (Å²) < 4.78 is 0. The molecule has 0 fully saturated rings. The molecular formula is C8H9NO. The third-order valence-electron chi connectivity index (χ3n) is 1.13. The maximum Gasteiger partial charge on any atom is 0.152 e. The predicted octanol–water partition coefficient (Wildman–Crippen LogP) is 1.62. The normalized spacial score (nSPS) is 10.5. The second-order valence-corrected chi connectivity index (χ2v) is 2.09. The first kappa shape index (κ1) is 6.81. The molecule has 0 aliphatic rings. The van der Waals surface area contributed by atoms with Gasteiger partial charge in [-0.3, -0.25) is 4.79 Å². The van der Waals surface area contributed by atoms with Gasteiger partial charge in [0.25, 0.3) is 0 Å². The van der Waals surface area contributed by atoms with Gasteiger partial charge >= 0.3 is 0 Å². The van der Waals surface area contributed by atoms with E-state index in [1.807, 2.05) is 18.5 Å². The lowest BCUT2D eigenvalue weighted by Crippen LogP contribution is -1.78. The molecule has 0 amide bonds. The monoisotopic (exact) mass is 135 g/mol. The molecule has 1 N–H and O–H groups in total. The Labute approximate surface area is 59.6 Å². The van der Waals surface area contributed by atoms with Crippen molar-refractivity contribution in [3.63, 3.8) is 0 Å². The lowest BCUT2D eigenvalue weighted by Gasteiger charge is -1.79. The highest BCUT2D eigenvalue weighted by molar-refractivity contribution is 5.91. The number of aromatic nitrogens is 1. The Bertz CT molecular complexity index is 234. The van der Waals surface area contributed by atoms with E-state index >= 15 is 0 Å². The minimum atomic E-state index is 0.0706. The van der Waals surface area contributed by atoms with Gasteiger partial charge in [0.05, 0.1) is 0 Å². The lowest BCUT2D eigenvalue weighted by molar-refractivity contribution is -0.112. The fourth-order valence-electron chi connectivity index (χ4n) is 0.654. The van der Waals surface area contributed by atoms with Crippen LogP contribution in [0.25, 0.3) is 6.08 Å². The Morgan fingerprint density at radius 2 is 2.50 bits per heavy atom. The first-order valence-electron chi connectivity index (χ1n) is 3.10. The van der Waals surface area contributed by atoms with Gasteiger partial charge in [-0.2, -0.15) is 0 Å². The number of hydrogen-bond donors (Lipinski definition) is 1. The number of nitrogens with one attached hydrogen (secondary N) is 1. The SMILES string of the molecule is CC(=O)/C=C/c1cc[nH]c1. The number of allylic oxidation sites excluding steroid dienone is 1. The third kappa shape index (κ3) is 1.90. The smallest absolute Gasteiger partial charge is 0.152 e. The molecule has 0 aromatic carbocycles. The average molecular weight is 135 g/mol. The van der Waals surface area contributed by atoms with Crippen LogP contribution < -0.4 is 0 Å². The van der Waals surface area contributed by atoms with E-state index in [0.29, 0.717) is 0 Å². The largest absolute Gasteiger partial charge is 0.367 e. The maximum absolute atomic E-state index is 10.4. The van der Waals surface area contributed by atoms with Crippen molar-refractivity contribution in [2.45, 2.75) is 6.92 Å². The van der Waals surface area contributed by atoms with Crippen LogP contribution in [0.5, 0.6) is 0 Å². The molecule has 0 unspecified atom stereocenters. The molecule has 0 saturated carbocycles. The Morgan fingerprint density at radius 1 is 1.70 bits per heavy atom. The summed E-state index contributed by atoms with van der Waals surface area (Å²) in [6.45, 7) is 1.53. The summed E-state index contributed by atoms with van der Waals surface area (Å²) in [5, 5.41) is 0. The zero-order valence-electron chi connectivity index (χ0n) is 5.79. The first-order valence-corrected chi connectivity index (χ1v) is 3.10. The zero-order chi connectivity index (χ0) is 7.40. The molecule has 1 aromatic heterocycles. The molecule has 2 heteroatoms. The molecule has 10 heavy (non-hydrogen) atoms. The molecule has 0 aliphatic heterocycles. The van der Waals surface area contributed by atoms with Gasteiger partial charge in [0.2, 0.25) is 0 Å². The topological polar surface area (TPSA) is 32.9 Å². The molecule has 1 rings (SSSR count). The lowest BCUT2D eigenvalue weighted by atomic mass is 10.3. The van der Waals surface area contributed by atoms with Crippen molar-refractivity contribution < 1.29 is 4.79 Å². The number of carbonyl (C=O) groups excluding carboxylic acids is 1. The quantitative estimate of drug-likeness (QED) is 0.614. The molecule has 0 atom stereocenters. The van der Waals surface area contributed by atoms with Crippen molar-refractivity contribution in [1.29, 1.82) is 0 Å². The van der Waals surface area contributed by atoms with Crippen molar-refractivity contribution in [2.75, 3.05) is 0 Å². The van der Waals surface area contributed by atoms with Gasteiger partial charge in [0, 0.05) is 12.4 Å². The van der Waals surface area contributed by atoms with Gasteiger partial charge in [-0.1, -0.05) is 0 Å². The van der Waals surface area contributed by atoms with Crippen LogP contribution in [-0.2, 0) is 4.79 Å². The summed E-state index contributed by atoms with van der Waals surface area (Å²) >= 11 is 0. The van der Waals surface area contributed by atoms with E-state index in [1.165, 1.54) is 6.92 Å². The number of carbonyl (C=O) groups is 1. The van der Waals surface area contributed by atoms with Gasteiger partial charge in [-0.25, -0.2) is 0 Å². The van der Waals surface area contributed by atoms with Crippen LogP contribution in [0, 0.1) is 0 Å². The predicted molar refractivity (Wildman–Crippen MR) is 40.5 cm³/mol. The summed E-state index contributed by atoms with van der Waals surface area (Å²) in [6, 6.07) is 1.90. The van der Waals surface area contributed by atoms with Crippen LogP contribution >= 0.6 is 0 Å². The van der Waals surface area contributed by atoms with Gasteiger partial charge < -0.3 is 4.98 Å². The van der Waals surface area contributed by atoms with E-state index in [-0.39, 0.29) is 5.78 Å². The van der Waals surface area contributed by atoms with E-state index in [2.05, 4.69) is 4.98 Å². The van der Waals surface area contributed by atoms with Crippen molar-refractivity contribution in [2.24, 2.45) is 0 Å². The van der Waals surface area contributed by atoms with Crippen molar-refractivity contribution in [1.82, 2.24) is 4.98 Å². The van der Waals surface area contributed by atoms with E-state index in [0.717, 1.165) is 5.56 Å². The molecule has 0 aliphatic carbocycles. The molecule has 0 saturated heterocycles. The van der Waals surface area contributed by atoms with E-state index in [9.17, 15) is 4.79 Å². The number of H-pyrrole nitrogens is 1. The van der Waals surface area contributed by atoms with E-state index < -0.39 is 0 Å². The molecule has 2 nitrogen and oxygen atoms in total. The van der Waals surface area contributed by atoms with Crippen LogP contribution in [0.3, 0.4) is 0 Å². The van der Waals surface area contributed by atoms with E-state index in [1.54, 1.807) is 12.2 Å². The number of rotatable bonds is 2. The van der Waals surface area contributed by atoms with Crippen molar-refractivity contribution >= 4 is 11.9 Å². The number of ketones is 1. The summed E-state index contributed by atoms with van der Waals surface area (Å²) in [7, 11) is 0. The highest BCUT2D eigenvalue weighted by Crippen LogP contribution is 1.98. The van der Waals surface area contributed by atoms with Gasteiger partial charge in [0.15, 0.2) is 5.78 Å². The zero-order valence-corrected chi connectivity index (χ0v) is 5.79. The molecular weight excluding hydrogens is 126 g/mol. The second kappa shape index (κ2) is 3.01. The van der Waals surface area contributed by atoms with Crippen molar-refractivity contribution in [3.05, 3.63) is 30.1 Å². The van der Waals surface area contributed by atoms with Crippen LogP contribution in [0.15, 0.2) is 24.5 Å². The fourth-order valence-corrected chi connectivity index (χ4v) is 0.654. The molecule has 1 aromatic rings. The molecule has 0 spiro atoms. The van der Waals surface area contributed by atoms with E-state index in [4.69, 9.17) is 0 Å². The second-order valence-electron chi connectivity index (χ2n) is 2.09. The molecule has 0 bridgehead atoms. The number of aromatic amines is 1. The van der Waals surface area contributed by atoms with Crippen LogP contribution in [0.2, 0.25) is 0 Å². The summed E-state index contributed by atoms with van der Waals surface area (Å²) in [4.78, 5) is 13.3. The fraction of sp³-hybridized carbons (Fsp3) is 0.125. The van der Waals surface area contributed by atoms with Gasteiger partial charge in [-0.05, 0) is 30.7 Å². The standard InChI is InChI=1S/C8H9NO/c1-7(10)2-3-8-4-5-9-6-8/h2-6,9H,1H3/b3-2+. The van der Waals surface area contributed by atoms with Gasteiger partial charge in [0.1, 0.15) is 0 Å². The Kier molecular flexibility index (Phi) is 2.05. The Morgan fingerprint density at radius 3 is 3.00 bits per heavy atom. The Balaban J connectivity index is 2.64. The summed E-state index contributed by atoms with van der Waals surface area (Å²) in [6.07, 6.45) is 6.97. The highest BCUT2D eigenvalue weighted by Gasteiger charge is 1.84.